The average Bonchev–Trinajstić information content (AvgIpc) is 2.48. The largest absolute Gasteiger partial charge is 0.486 e. The Hall–Kier alpha value is -1.26. The van der Waals surface area contributed by atoms with Crippen molar-refractivity contribution in [2.45, 2.75) is 25.4 Å². The Balaban J connectivity index is 1.94. The molecule has 1 saturated heterocycles. The molecule has 4 nitrogen and oxygen atoms in total. The highest BCUT2D eigenvalue weighted by Gasteiger charge is 2.22. The van der Waals surface area contributed by atoms with Gasteiger partial charge in [0, 0.05) is 7.11 Å². The van der Waals surface area contributed by atoms with Crippen molar-refractivity contribution >= 4 is 0 Å². The lowest BCUT2D eigenvalue weighted by atomic mass is 9.87. The van der Waals surface area contributed by atoms with Gasteiger partial charge in [-0.15, -0.1) is 0 Å². The molecule has 0 saturated carbocycles. The van der Waals surface area contributed by atoms with Gasteiger partial charge in [0.15, 0.2) is 11.5 Å². The third-order valence-corrected chi connectivity index (χ3v) is 3.88. The van der Waals surface area contributed by atoms with E-state index >= 15 is 0 Å². The first-order chi connectivity index (χ1) is 9.38. The minimum Gasteiger partial charge on any atom is -0.486 e. The normalized spacial score (nSPS) is 19.4. The van der Waals surface area contributed by atoms with Crippen molar-refractivity contribution < 1.29 is 14.2 Å². The predicted molar refractivity (Wildman–Crippen MR) is 73.0 cm³/mol. The van der Waals surface area contributed by atoms with Crippen LogP contribution in [0.1, 0.15) is 29.9 Å². The molecule has 1 aromatic rings. The fourth-order valence-electron chi connectivity index (χ4n) is 2.94. The van der Waals surface area contributed by atoms with Gasteiger partial charge in [0.2, 0.25) is 0 Å². The predicted octanol–water partition coefficient (Wildman–Crippen LogP) is 2.07. The van der Waals surface area contributed by atoms with Gasteiger partial charge in [-0.1, -0.05) is 0 Å². The lowest BCUT2D eigenvalue weighted by Gasteiger charge is -2.27. The molecule has 104 valence electrons. The standard InChI is InChI=1S/C15H21NO3/c1-17-10-12-8-14-15(19-7-6-18-14)9-13(12)11-2-4-16-5-3-11/h8-9,11,16H,2-7,10H2,1H3. The third kappa shape index (κ3) is 2.69. The van der Waals surface area contributed by atoms with Gasteiger partial charge >= 0.3 is 0 Å². The number of hydrogen-bond acceptors (Lipinski definition) is 4. The summed E-state index contributed by atoms with van der Waals surface area (Å²) in [5.74, 6) is 2.35. The van der Waals surface area contributed by atoms with Crippen LogP contribution in [0.5, 0.6) is 11.5 Å². The van der Waals surface area contributed by atoms with Crippen LogP contribution in [-0.2, 0) is 11.3 Å². The molecule has 1 aromatic carbocycles. The van der Waals surface area contributed by atoms with Crippen molar-refractivity contribution in [1.82, 2.24) is 5.32 Å². The molecule has 0 unspecified atom stereocenters. The Morgan fingerprint density at radius 1 is 1.16 bits per heavy atom. The van der Waals surface area contributed by atoms with Crippen LogP contribution in [0.4, 0.5) is 0 Å². The molecule has 19 heavy (non-hydrogen) atoms. The molecule has 3 rings (SSSR count). The summed E-state index contributed by atoms with van der Waals surface area (Å²) < 4.78 is 16.7. The molecule has 1 N–H and O–H groups in total. The maximum Gasteiger partial charge on any atom is 0.161 e. The average molecular weight is 263 g/mol. The fraction of sp³-hybridized carbons (Fsp3) is 0.600. The topological polar surface area (TPSA) is 39.7 Å². The number of hydrogen-bond donors (Lipinski definition) is 1. The third-order valence-electron chi connectivity index (χ3n) is 3.88. The number of piperidine rings is 1. The minimum absolute atomic E-state index is 0.599. The monoisotopic (exact) mass is 263 g/mol. The van der Waals surface area contributed by atoms with Gasteiger partial charge in [0.05, 0.1) is 6.61 Å². The van der Waals surface area contributed by atoms with Crippen LogP contribution < -0.4 is 14.8 Å². The second-order valence-corrected chi connectivity index (χ2v) is 5.15. The maximum atomic E-state index is 5.71. The van der Waals surface area contributed by atoms with E-state index in [1.54, 1.807) is 7.11 Å². The van der Waals surface area contributed by atoms with E-state index in [0.717, 1.165) is 24.6 Å². The molecular formula is C15H21NO3. The second-order valence-electron chi connectivity index (χ2n) is 5.15. The molecule has 0 atom stereocenters. The smallest absolute Gasteiger partial charge is 0.161 e. The molecule has 2 aliphatic rings. The summed E-state index contributed by atoms with van der Waals surface area (Å²) in [6.07, 6.45) is 2.35. The van der Waals surface area contributed by atoms with Gasteiger partial charge in [0.1, 0.15) is 13.2 Å². The summed E-state index contributed by atoms with van der Waals surface area (Å²) in [6, 6.07) is 4.26. The quantitative estimate of drug-likeness (QED) is 0.906. The molecule has 0 amide bonds. The van der Waals surface area contributed by atoms with Crippen LogP contribution in [-0.4, -0.2) is 33.4 Å². The number of ether oxygens (including phenoxy) is 3. The molecule has 4 heteroatoms. The lowest BCUT2D eigenvalue weighted by molar-refractivity contribution is 0.166. The Morgan fingerprint density at radius 3 is 2.53 bits per heavy atom. The molecule has 0 aromatic heterocycles. The van der Waals surface area contributed by atoms with E-state index in [2.05, 4.69) is 17.4 Å². The van der Waals surface area contributed by atoms with Crippen molar-refractivity contribution in [2.75, 3.05) is 33.4 Å². The highest BCUT2D eigenvalue weighted by atomic mass is 16.6. The van der Waals surface area contributed by atoms with E-state index in [1.165, 1.54) is 24.0 Å². The number of methoxy groups -OCH3 is 1. The zero-order valence-corrected chi connectivity index (χ0v) is 11.4. The van der Waals surface area contributed by atoms with E-state index in [4.69, 9.17) is 14.2 Å². The van der Waals surface area contributed by atoms with Crippen molar-refractivity contribution in [1.29, 1.82) is 0 Å². The Labute approximate surface area is 114 Å². The first-order valence-electron chi connectivity index (χ1n) is 7.00. The molecule has 0 spiro atoms. The van der Waals surface area contributed by atoms with Crippen LogP contribution in [0.3, 0.4) is 0 Å². The van der Waals surface area contributed by atoms with Crippen LogP contribution in [0.2, 0.25) is 0 Å². The van der Waals surface area contributed by atoms with E-state index in [-0.39, 0.29) is 0 Å². The van der Waals surface area contributed by atoms with Crippen LogP contribution in [0, 0.1) is 0 Å². The van der Waals surface area contributed by atoms with E-state index < -0.39 is 0 Å². The van der Waals surface area contributed by atoms with E-state index in [0.29, 0.717) is 25.7 Å². The molecule has 2 heterocycles. The molecule has 2 aliphatic heterocycles. The first kappa shape index (κ1) is 12.8. The summed E-state index contributed by atoms with van der Waals surface area (Å²) in [5, 5.41) is 3.41. The highest BCUT2D eigenvalue weighted by molar-refractivity contribution is 5.49. The molecule has 0 bridgehead atoms. The van der Waals surface area contributed by atoms with Gasteiger partial charge in [0.25, 0.3) is 0 Å². The number of benzene rings is 1. The van der Waals surface area contributed by atoms with Crippen LogP contribution in [0.25, 0.3) is 0 Å². The van der Waals surface area contributed by atoms with E-state index in [9.17, 15) is 0 Å². The molecule has 0 radical (unpaired) electrons. The second kappa shape index (κ2) is 5.80. The van der Waals surface area contributed by atoms with Crippen LogP contribution in [0.15, 0.2) is 12.1 Å². The Kier molecular flexibility index (Phi) is 3.89. The lowest BCUT2D eigenvalue weighted by Crippen LogP contribution is -2.27. The number of nitrogens with one attached hydrogen (secondary N) is 1. The molecule has 1 fully saturated rings. The zero-order chi connectivity index (χ0) is 13.1. The van der Waals surface area contributed by atoms with Crippen molar-refractivity contribution in [3.8, 4) is 11.5 Å². The summed E-state index contributed by atoms with van der Waals surface area (Å²) in [4.78, 5) is 0. The van der Waals surface area contributed by atoms with E-state index in [1.807, 2.05) is 0 Å². The van der Waals surface area contributed by atoms with Gasteiger partial charge in [-0.3, -0.25) is 0 Å². The molecular weight excluding hydrogens is 242 g/mol. The van der Waals surface area contributed by atoms with Gasteiger partial charge in [-0.2, -0.15) is 0 Å². The van der Waals surface area contributed by atoms with Gasteiger partial charge in [-0.25, -0.2) is 0 Å². The summed E-state index contributed by atoms with van der Waals surface area (Å²) in [7, 11) is 1.74. The molecule has 0 aliphatic carbocycles. The number of fused-ring (bicyclic) bond motifs is 1. The first-order valence-corrected chi connectivity index (χ1v) is 7.00. The van der Waals surface area contributed by atoms with Crippen molar-refractivity contribution in [2.24, 2.45) is 0 Å². The zero-order valence-electron chi connectivity index (χ0n) is 11.4. The summed E-state index contributed by atoms with van der Waals surface area (Å²) in [6.45, 7) is 4.08. The summed E-state index contributed by atoms with van der Waals surface area (Å²) in [5.41, 5.74) is 2.60. The minimum atomic E-state index is 0.599. The highest BCUT2D eigenvalue weighted by Crippen LogP contribution is 2.38. The SMILES string of the molecule is COCc1cc2c(cc1C1CCNCC1)OCCO2. The van der Waals surface area contributed by atoms with Gasteiger partial charge in [-0.05, 0) is 55.1 Å². The Morgan fingerprint density at radius 2 is 1.84 bits per heavy atom. The van der Waals surface area contributed by atoms with Gasteiger partial charge < -0.3 is 19.5 Å². The van der Waals surface area contributed by atoms with Crippen molar-refractivity contribution in [3.05, 3.63) is 23.3 Å². The fourth-order valence-corrected chi connectivity index (χ4v) is 2.94. The summed E-state index contributed by atoms with van der Waals surface area (Å²) >= 11 is 0. The number of rotatable bonds is 3. The Bertz CT molecular complexity index is 441. The maximum absolute atomic E-state index is 5.71. The van der Waals surface area contributed by atoms with Crippen LogP contribution >= 0.6 is 0 Å². The van der Waals surface area contributed by atoms with Crippen molar-refractivity contribution in [3.63, 3.8) is 0 Å².